The molecule has 182 valence electrons. The summed E-state index contributed by atoms with van der Waals surface area (Å²) in [6.45, 7) is 1.82. The van der Waals surface area contributed by atoms with Crippen LogP contribution in [0, 0.1) is 11.8 Å². The van der Waals surface area contributed by atoms with Crippen LogP contribution >= 0.6 is 22.7 Å². The van der Waals surface area contributed by atoms with E-state index in [1.165, 1.54) is 22.7 Å². The van der Waals surface area contributed by atoms with Gasteiger partial charge in [-0.05, 0) is 62.1 Å². The third-order valence-corrected chi connectivity index (χ3v) is 8.92. The highest BCUT2D eigenvalue weighted by atomic mass is 32.1. The Hall–Kier alpha value is -3.68. The average Bonchev–Trinajstić information content (AvgIpc) is 3.76. The number of ether oxygens (including phenoxy) is 1. The maximum absolute atomic E-state index is 12.7. The molecular formula is C26H22N4O4S2. The summed E-state index contributed by atoms with van der Waals surface area (Å²) in [5, 5.41) is 20.8. The van der Waals surface area contributed by atoms with E-state index in [0.717, 1.165) is 37.6 Å². The van der Waals surface area contributed by atoms with Gasteiger partial charge in [-0.2, -0.15) is 0 Å². The van der Waals surface area contributed by atoms with E-state index in [2.05, 4.69) is 27.5 Å². The van der Waals surface area contributed by atoms with Gasteiger partial charge < -0.3 is 9.84 Å². The van der Waals surface area contributed by atoms with Gasteiger partial charge in [-0.3, -0.25) is 10.1 Å². The van der Waals surface area contributed by atoms with E-state index in [1.807, 2.05) is 49.4 Å². The second kappa shape index (κ2) is 8.76. The molecule has 6 rings (SSSR count). The lowest BCUT2D eigenvalue weighted by Gasteiger charge is -2.14. The summed E-state index contributed by atoms with van der Waals surface area (Å²) in [4.78, 5) is 26.1. The maximum atomic E-state index is 12.7. The number of carbonyl (C=O) groups excluding carboxylic acids is 1. The third-order valence-electron chi connectivity index (χ3n) is 6.50. The Labute approximate surface area is 214 Å². The molecule has 36 heavy (non-hydrogen) atoms. The molecule has 3 aromatic heterocycles. The molecule has 0 aliphatic heterocycles. The molecule has 4 aromatic rings. The number of aliphatic carboxylic acids is 1. The minimum atomic E-state index is -0.744. The zero-order valence-electron chi connectivity index (χ0n) is 19.4. The fourth-order valence-corrected chi connectivity index (χ4v) is 6.58. The van der Waals surface area contributed by atoms with E-state index in [-0.39, 0.29) is 6.04 Å². The van der Waals surface area contributed by atoms with Gasteiger partial charge in [0.25, 0.3) is 0 Å². The van der Waals surface area contributed by atoms with Gasteiger partial charge in [0.1, 0.15) is 11.5 Å². The Morgan fingerprint density at radius 2 is 1.92 bits per heavy atom. The Bertz CT molecular complexity index is 1500. The minimum Gasteiger partial charge on any atom is -0.481 e. The summed E-state index contributed by atoms with van der Waals surface area (Å²) in [5.41, 5.74) is 0.591. The lowest BCUT2D eigenvalue weighted by molar-refractivity contribution is -0.139. The van der Waals surface area contributed by atoms with Crippen LogP contribution in [0.25, 0.3) is 9.40 Å². The van der Waals surface area contributed by atoms with E-state index in [0.29, 0.717) is 24.4 Å². The summed E-state index contributed by atoms with van der Waals surface area (Å²) < 4.78 is 9.34. The number of aromatic nitrogens is 3. The zero-order valence-corrected chi connectivity index (χ0v) is 21.0. The Balaban J connectivity index is 1.21. The first kappa shape index (κ1) is 22.8. The van der Waals surface area contributed by atoms with Crippen molar-refractivity contribution < 1.29 is 19.4 Å². The molecule has 3 heterocycles. The van der Waals surface area contributed by atoms with Crippen molar-refractivity contribution in [2.75, 3.05) is 5.32 Å². The molecule has 2 fully saturated rings. The molecule has 10 heteroatoms. The van der Waals surface area contributed by atoms with E-state index in [1.54, 1.807) is 4.68 Å². The number of carboxylic acids is 1. The van der Waals surface area contributed by atoms with Gasteiger partial charge in [0.2, 0.25) is 0 Å². The Morgan fingerprint density at radius 1 is 1.17 bits per heavy atom. The van der Waals surface area contributed by atoms with Gasteiger partial charge in [0, 0.05) is 14.3 Å². The number of carboxylic acid groups (broad SMARTS) is 1. The van der Waals surface area contributed by atoms with E-state index >= 15 is 0 Å². The van der Waals surface area contributed by atoms with Crippen LogP contribution in [-0.2, 0) is 14.9 Å². The number of rotatable bonds is 6. The predicted octanol–water partition coefficient (Wildman–Crippen LogP) is 5.71. The van der Waals surface area contributed by atoms with Gasteiger partial charge in [0.15, 0.2) is 11.5 Å². The fraction of sp³-hybridized carbons (Fsp3) is 0.308. The second-order valence-electron chi connectivity index (χ2n) is 9.13. The highest BCUT2D eigenvalue weighted by Gasteiger charge is 2.53. The normalized spacial score (nSPS) is 16.7. The van der Waals surface area contributed by atoms with Crippen molar-refractivity contribution in [3.05, 3.63) is 63.5 Å². The van der Waals surface area contributed by atoms with Crippen LogP contribution in [0.2, 0.25) is 0 Å². The van der Waals surface area contributed by atoms with Gasteiger partial charge in [-0.25, -0.2) is 9.48 Å². The van der Waals surface area contributed by atoms with Gasteiger partial charge in [-0.1, -0.05) is 35.5 Å². The molecule has 0 spiro atoms. The van der Waals surface area contributed by atoms with Gasteiger partial charge >= 0.3 is 12.1 Å². The number of hydrogen-bond acceptors (Lipinski definition) is 7. The quantitative estimate of drug-likeness (QED) is 0.317. The molecule has 1 unspecified atom stereocenters. The number of amides is 1. The van der Waals surface area contributed by atoms with Crippen molar-refractivity contribution in [2.45, 2.75) is 50.2 Å². The number of carbonyl (C=O) groups is 2. The zero-order chi connectivity index (χ0) is 24.9. The van der Waals surface area contributed by atoms with Crippen LogP contribution in [0.3, 0.4) is 0 Å². The Kier molecular flexibility index (Phi) is 5.54. The van der Waals surface area contributed by atoms with Crippen molar-refractivity contribution in [3.8, 4) is 11.8 Å². The highest BCUT2D eigenvalue weighted by Crippen LogP contribution is 2.52. The summed E-state index contributed by atoms with van der Waals surface area (Å²) in [6, 6.07) is 13.7. The molecular weight excluding hydrogens is 496 g/mol. The van der Waals surface area contributed by atoms with Crippen molar-refractivity contribution in [1.82, 2.24) is 15.0 Å². The molecule has 0 saturated heterocycles. The first-order valence-electron chi connectivity index (χ1n) is 11.7. The van der Waals surface area contributed by atoms with Gasteiger partial charge in [0.05, 0.1) is 10.9 Å². The summed E-state index contributed by atoms with van der Waals surface area (Å²) in [5.74, 6) is 5.89. The smallest absolute Gasteiger partial charge is 0.413 e. The van der Waals surface area contributed by atoms with Gasteiger partial charge in [-0.15, -0.1) is 27.8 Å². The first-order valence-corrected chi connectivity index (χ1v) is 13.3. The second-order valence-corrected chi connectivity index (χ2v) is 11.3. The monoisotopic (exact) mass is 518 g/mol. The SMILES string of the molecule is CC(OC(=O)Nc1c(C#Cc2cc3sc(C4(C(=O)O)CC4)cc3s2)nnn1C1CC1)c1ccccc1. The molecule has 2 aliphatic carbocycles. The molecule has 2 aliphatic rings. The van der Waals surface area contributed by atoms with Crippen LogP contribution in [-0.4, -0.2) is 32.2 Å². The van der Waals surface area contributed by atoms with Crippen molar-refractivity contribution in [3.63, 3.8) is 0 Å². The van der Waals surface area contributed by atoms with Crippen LogP contribution in [0.1, 0.15) is 65.8 Å². The number of thiophene rings is 2. The molecule has 0 radical (unpaired) electrons. The summed E-state index contributed by atoms with van der Waals surface area (Å²) in [6.07, 6.45) is 2.34. The number of fused-ring (bicyclic) bond motifs is 1. The fourth-order valence-electron chi connectivity index (χ4n) is 4.09. The topological polar surface area (TPSA) is 106 Å². The molecule has 1 atom stereocenters. The number of hydrogen-bond donors (Lipinski definition) is 2. The van der Waals surface area contributed by atoms with E-state index < -0.39 is 23.6 Å². The molecule has 0 bridgehead atoms. The summed E-state index contributed by atoms with van der Waals surface area (Å²) in [7, 11) is 0. The maximum Gasteiger partial charge on any atom is 0.413 e. The number of anilines is 1. The predicted molar refractivity (Wildman–Crippen MR) is 137 cm³/mol. The molecule has 1 amide bonds. The van der Waals surface area contributed by atoms with E-state index in [4.69, 9.17) is 4.74 Å². The lowest BCUT2D eigenvalue weighted by Crippen LogP contribution is -2.19. The van der Waals surface area contributed by atoms with Crippen molar-refractivity contribution in [2.24, 2.45) is 0 Å². The first-order chi connectivity index (χ1) is 17.4. The molecule has 2 saturated carbocycles. The largest absolute Gasteiger partial charge is 0.481 e. The lowest BCUT2D eigenvalue weighted by atomic mass is 10.1. The number of nitrogens with one attached hydrogen (secondary N) is 1. The summed E-state index contributed by atoms with van der Waals surface area (Å²) >= 11 is 3.05. The van der Waals surface area contributed by atoms with Crippen LogP contribution in [0.5, 0.6) is 0 Å². The standard InChI is InChI=1S/C26H22N4O4S2/c1-15(16-5-3-2-4-6-16)34-25(33)27-23-19(28-29-30(23)17-7-8-17)10-9-18-13-20-21(35-18)14-22(36-20)26(11-12-26)24(31)32/h2-6,13-15,17H,7-8,11-12H2,1H3,(H,27,33)(H,31,32). The average molecular weight is 519 g/mol. The number of benzene rings is 1. The van der Waals surface area contributed by atoms with Crippen molar-refractivity contribution >= 4 is 50.0 Å². The molecule has 2 N–H and O–H groups in total. The van der Waals surface area contributed by atoms with E-state index in [9.17, 15) is 14.7 Å². The van der Waals surface area contributed by atoms with Crippen molar-refractivity contribution in [1.29, 1.82) is 0 Å². The minimum absolute atomic E-state index is 0.198. The number of nitrogens with zero attached hydrogens (tertiary/aromatic N) is 3. The van der Waals surface area contributed by atoms with Crippen LogP contribution in [0.4, 0.5) is 10.6 Å². The molecule has 1 aromatic carbocycles. The third kappa shape index (κ3) is 4.25. The molecule has 8 nitrogen and oxygen atoms in total. The highest BCUT2D eigenvalue weighted by molar-refractivity contribution is 7.28. The van der Waals surface area contributed by atoms with Crippen LogP contribution in [0.15, 0.2) is 42.5 Å². The Morgan fingerprint density at radius 3 is 2.58 bits per heavy atom. The van der Waals surface area contributed by atoms with Crippen LogP contribution < -0.4 is 5.32 Å².